The number of ether oxygens (including phenoxy) is 1. The number of amides is 1. The van der Waals surface area contributed by atoms with Crippen molar-refractivity contribution < 1.29 is 14.1 Å². The van der Waals surface area contributed by atoms with Crippen LogP contribution in [-0.2, 0) is 11.2 Å². The van der Waals surface area contributed by atoms with Crippen molar-refractivity contribution in [3.05, 3.63) is 59.4 Å². The van der Waals surface area contributed by atoms with Gasteiger partial charge in [-0.25, -0.2) is 4.98 Å². The van der Waals surface area contributed by atoms with Gasteiger partial charge in [-0.1, -0.05) is 29.4 Å². The molecule has 4 aromatic rings. The summed E-state index contributed by atoms with van der Waals surface area (Å²) in [6.07, 6.45) is 1.92. The number of benzene rings is 2. The fourth-order valence-corrected chi connectivity index (χ4v) is 4.16. The molecule has 0 aliphatic carbocycles. The van der Waals surface area contributed by atoms with Crippen LogP contribution < -0.4 is 10.1 Å². The third-order valence-corrected chi connectivity index (χ3v) is 5.77. The molecule has 4 rings (SSSR count). The normalized spacial score (nSPS) is 12.1. The van der Waals surface area contributed by atoms with E-state index < -0.39 is 0 Å². The molecule has 0 bridgehead atoms. The van der Waals surface area contributed by atoms with Crippen LogP contribution in [-0.4, -0.2) is 28.1 Å². The zero-order chi connectivity index (χ0) is 20.9. The number of rotatable bonds is 8. The minimum absolute atomic E-state index is 0.0550. The molecule has 0 aliphatic rings. The smallest absolute Gasteiger partial charge is 0.249 e. The van der Waals surface area contributed by atoms with Crippen LogP contribution in [0, 0.1) is 0 Å². The monoisotopic (exact) mass is 422 g/mol. The number of fused-ring (bicyclic) bond motifs is 1. The summed E-state index contributed by atoms with van der Waals surface area (Å²) in [7, 11) is 1.59. The van der Waals surface area contributed by atoms with E-state index in [0.717, 1.165) is 28.9 Å². The molecule has 2 aromatic carbocycles. The summed E-state index contributed by atoms with van der Waals surface area (Å²) in [4.78, 5) is 21.3. The number of nitrogens with zero attached hydrogens (tertiary/aromatic N) is 3. The van der Waals surface area contributed by atoms with Gasteiger partial charge in [-0.05, 0) is 44.0 Å². The molecular weight excluding hydrogens is 400 g/mol. The van der Waals surface area contributed by atoms with E-state index in [9.17, 15) is 4.79 Å². The quantitative estimate of drug-likeness (QED) is 0.448. The van der Waals surface area contributed by atoms with Crippen LogP contribution >= 0.6 is 11.3 Å². The van der Waals surface area contributed by atoms with Crippen molar-refractivity contribution in [1.82, 2.24) is 20.4 Å². The molecule has 154 valence electrons. The highest BCUT2D eigenvalue weighted by atomic mass is 32.1. The Morgan fingerprint density at radius 2 is 1.97 bits per heavy atom. The second-order valence-electron chi connectivity index (χ2n) is 6.87. The van der Waals surface area contributed by atoms with E-state index in [1.807, 2.05) is 49.4 Å². The molecule has 0 saturated carbocycles. The number of thiazole rings is 1. The lowest BCUT2D eigenvalue weighted by Crippen LogP contribution is -2.26. The number of hydrogen-bond acceptors (Lipinski definition) is 7. The van der Waals surface area contributed by atoms with E-state index in [1.54, 1.807) is 18.4 Å². The van der Waals surface area contributed by atoms with Gasteiger partial charge in [-0.15, -0.1) is 11.3 Å². The number of hydrogen-bond donors (Lipinski definition) is 1. The molecular formula is C22H22N4O3S. The van der Waals surface area contributed by atoms with Crippen LogP contribution in [0.15, 0.2) is 53.1 Å². The summed E-state index contributed by atoms with van der Waals surface area (Å²) in [6.45, 7) is 1.82. The molecule has 30 heavy (non-hydrogen) atoms. The summed E-state index contributed by atoms with van der Waals surface area (Å²) < 4.78 is 11.9. The summed E-state index contributed by atoms with van der Waals surface area (Å²) in [5.41, 5.74) is 1.75. The average Bonchev–Trinajstić information content (AvgIpc) is 3.40. The first-order valence-corrected chi connectivity index (χ1v) is 10.6. The van der Waals surface area contributed by atoms with E-state index in [4.69, 9.17) is 9.26 Å². The summed E-state index contributed by atoms with van der Waals surface area (Å²) in [6, 6.07) is 15.1. The molecule has 2 aromatic heterocycles. The number of para-hydroxylation sites is 2. The molecule has 1 unspecified atom stereocenters. The predicted molar refractivity (Wildman–Crippen MR) is 115 cm³/mol. The average molecular weight is 423 g/mol. The van der Waals surface area contributed by atoms with Gasteiger partial charge in [0.05, 0.1) is 27.9 Å². The second-order valence-corrected chi connectivity index (χ2v) is 7.99. The van der Waals surface area contributed by atoms with Crippen molar-refractivity contribution in [1.29, 1.82) is 0 Å². The first kappa shape index (κ1) is 20.0. The zero-order valence-electron chi connectivity index (χ0n) is 16.8. The lowest BCUT2D eigenvalue weighted by molar-refractivity contribution is -0.122. The maximum absolute atomic E-state index is 12.3. The molecule has 0 aliphatic heterocycles. The van der Waals surface area contributed by atoms with Crippen LogP contribution in [0.3, 0.4) is 0 Å². The Hall–Kier alpha value is -3.26. The van der Waals surface area contributed by atoms with E-state index in [1.165, 1.54) is 4.70 Å². The maximum Gasteiger partial charge on any atom is 0.249 e. The van der Waals surface area contributed by atoms with Gasteiger partial charge >= 0.3 is 0 Å². The number of nitrogens with one attached hydrogen (secondary N) is 1. The predicted octanol–water partition coefficient (Wildman–Crippen LogP) is 4.56. The van der Waals surface area contributed by atoms with E-state index in [0.29, 0.717) is 23.9 Å². The topological polar surface area (TPSA) is 90.1 Å². The number of aryl methyl sites for hydroxylation is 1. The van der Waals surface area contributed by atoms with Crippen molar-refractivity contribution in [2.24, 2.45) is 0 Å². The van der Waals surface area contributed by atoms with E-state index >= 15 is 0 Å². The molecule has 1 N–H and O–H groups in total. The van der Waals surface area contributed by atoms with Crippen molar-refractivity contribution in [3.8, 4) is 17.1 Å². The van der Waals surface area contributed by atoms with Crippen molar-refractivity contribution in [2.75, 3.05) is 7.11 Å². The van der Waals surface area contributed by atoms with Gasteiger partial charge < -0.3 is 14.6 Å². The molecule has 0 radical (unpaired) electrons. The van der Waals surface area contributed by atoms with Crippen LogP contribution in [0.25, 0.3) is 21.6 Å². The minimum atomic E-state index is -0.379. The minimum Gasteiger partial charge on any atom is -0.496 e. The summed E-state index contributed by atoms with van der Waals surface area (Å²) in [5.74, 6) is 1.40. The lowest BCUT2D eigenvalue weighted by atomic mass is 10.2. The van der Waals surface area contributed by atoms with Gasteiger partial charge in [-0.3, -0.25) is 4.79 Å². The molecule has 1 amide bonds. The van der Waals surface area contributed by atoms with Gasteiger partial charge in [0.1, 0.15) is 11.8 Å². The van der Waals surface area contributed by atoms with E-state index in [2.05, 4.69) is 26.5 Å². The summed E-state index contributed by atoms with van der Waals surface area (Å²) >= 11 is 1.68. The maximum atomic E-state index is 12.3. The Labute approximate surface area is 178 Å². The Morgan fingerprint density at radius 3 is 2.80 bits per heavy atom. The highest BCUT2D eigenvalue weighted by Gasteiger charge is 2.19. The highest BCUT2D eigenvalue weighted by Crippen LogP contribution is 2.28. The molecule has 1 atom stereocenters. The largest absolute Gasteiger partial charge is 0.496 e. The van der Waals surface area contributed by atoms with Gasteiger partial charge in [0, 0.05) is 6.42 Å². The van der Waals surface area contributed by atoms with Crippen LogP contribution in [0.4, 0.5) is 0 Å². The van der Waals surface area contributed by atoms with Gasteiger partial charge in [0.15, 0.2) is 0 Å². The number of carbonyl (C=O) groups excluding carboxylic acids is 1. The van der Waals surface area contributed by atoms with Crippen LogP contribution in [0.2, 0.25) is 0 Å². The second kappa shape index (κ2) is 9.04. The first-order valence-electron chi connectivity index (χ1n) is 9.75. The SMILES string of the molecule is COc1ccccc1-c1noc(C(C)NC(=O)CCCc2nc3ccccc3s2)n1. The Bertz CT molecular complexity index is 1120. The van der Waals surface area contributed by atoms with Crippen molar-refractivity contribution >= 4 is 27.5 Å². The Morgan fingerprint density at radius 1 is 1.17 bits per heavy atom. The lowest BCUT2D eigenvalue weighted by Gasteiger charge is -2.09. The number of aromatic nitrogens is 3. The fraction of sp³-hybridized carbons (Fsp3) is 0.273. The van der Waals surface area contributed by atoms with Crippen LogP contribution in [0.1, 0.15) is 36.7 Å². The third-order valence-electron chi connectivity index (χ3n) is 4.67. The number of methoxy groups -OCH3 is 1. The Balaban J connectivity index is 1.31. The highest BCUT2D eigenvalue weighted by molar-refractivity contribution is 7.18. The molecule has 0 fully saturated rings. The van der Waals surface area contributed by atoms with Crippen molar-refractivity contribution in [2.45, 2.75) is 32.2 Å². The Kier molecular flexibility index (Phi) is 6.04. The molecule has 0 spiro atoms. The van der Waals surface area contributed by atoms with E-state index in [-0.39, 0.29) is 11.9 Å². The standard InChI is InChI=1S/C22H22N4O3S/c1-14(22-25-21(26-29-22)15-8-3-5-10-17(15)28-2)23-19(27)12-7-13-20-24-16-9-4-6-11-18(16)30-20/h3-6,8-11,14H,7,12-13H2,1-2H3,(H,23,27). The fourth-order valence-electron chi connectivity index (χ4n) is 3.15. The summed E-state index contributed by atoms with van der Waals surface area (Å²) in [5, 5.41) is 7.99. The molecule has 2 heterocycles. The first-order chi connectivity index (χ1) is 14.6. The van der Waals surface area contributed by atoms with Gasteiger partial charge in [-0.2, -0.15) is 4.98 Å². The van der Waals surface area contributed by atoms with Gasteiger partial charge in [0.2, 0.25) is 17.6 Å². The zero-order valence-corrected chi connectivity index (χ0v) is 17.6. The molecule has 0 saturated heterocycles. The van der Waals surface area contributed by atoms with Crippen molar-refractivity contribution in [3.63, 3.8) is 0 Å². The number of carbonyl (C=O) groups is 1. The van der Waals surface area contributed by atoms with Gasteiger partial charge in [0.25, 0.3) is 0 Å². The molecule has 7 nitrogen and oxygen atoms in total. The molecule has 8 heteroatoms. The third kappa shape index (κ3) is 4.49. The van der Waals surface area contributed by atoms with Crippen LogP contribution in [0.5, 0.6) is 5.75 Å².